The molecule has 0 amide bonds. The van der Waals surface area contributed by atoms with Crippen LogP contribution < -0.4 is 15.2 Å². The number of hydrogen-bond donors (Lipinski definition) is 1. The van der Waals surface area contributed by atoms with Gasteiger partial charge in [0.15, 0.2) is 11.5 Å². The first-order valence-corrected chi connectivity index (χ1v) is 13.6. The average Bonchev–Trinajstić information content (AvgIpc) is 2.93. The van der Waals surface area contributed by atoms with Gasteiger partial charge in [0.05, 0.1) is 19.3 Å². The van der Waals surface area contributed by atoms with Gasteiger partial charge in [-0.05, 0) is 41.7 Å². The fraction of sp³-hybridized carbons (Fsp3) is 0.484. The van der Waals surface area contributed by atoms with Gasteiger partial charge in [-0.2, -0.15) is 0 Å². The first-order valence-electron chi connectivity index (χ1n) is 13.6. The van der Waals surface area contributed by atoms with Gasteiger partial charge in [0.2, 0.25) is 0 Å². The molecule has 0 aliphatic rings. The van der Waals surface area contributed by atoms with Crippen LogP contribution in [-0.4, -0.2) is 43.1 Å². The minimum Gasteiger partial charge on any atom is -0.468 e. The van der Waals surface area contributed by atoms with E-state index in [-0.39, 0.29) is 55.6 Å². The van der Waals surface area contributed by atoms with E-state index in [1.807, 2.05) is 27.7 Å². The fourth-order valence-electron chi connectivity index (χ4n) is 3.83. The van der Waals surface area contributed by atoms with Crippen LogP contribution in [0.25, 0.3) is 0 Å². The predicted octanol–water partition coefficient (Wildman–Crippen LogP) is 5.03. The molecule has 0 spiro atoms. The number of carbonyl (C=O) groups excluding carboxylic acids is 4. The topological polar surface area (TPSA) is 131 Å². The summed E-state index contributed by atoms with van der Waals surface area (Å²) >= 11 is 0. The molecule has 0 saturated carbocycles. The van der Waals surface area contributed by atoms with Gasteiger partial charge in [-0.25, -0.2) is 4.79 Å². The van der Waals surface area contributed by atoms with Crippen molar-refractivity contribution in [2.45, 2.75) is 71.8 Å². The van der Waals surface area contributed by atoms with E-state index in [4.69, 9.17) is 24.7 Å². The summed E-state index contributed by atoms with van der Waals surface area (Å²) < 4.78 is 21.4. The van der Waals surface area contributed by atoms with Crippen LogP contribution in [0.2, 0.25) is 0 Å². The third-order valence-electron chi connectivity index (χ3n) is 6.78. The van der Waals surface area contributed by atoms with Crippen molar-refractivity contribution in [2.24, 2.45) is 17.6 Å². The SMILES string of the molecule is CCC(C)CC(=O)Oc1ccc(C[C@](N)(CCOC(=O)c2ccccc2)C(=O)OC)cc1OC(=O)CC(C)CC. The molecule has 0 fully saturated rings. The highest BCUT2D eigenvalue weighted by atomic mass is 16.6. The number of nitrogens with two attached hydrogens (primary N) is 1. The van der Waals surface area contributed by atoms with Crippen molar-refractivity contribution in [2.75, 3.05) is 13.7 Å². The second-order valence-electron chi connectivity index (χ2n) is 10.2. The normalized spacial score (nSPS) is 13.8. The van der Waals surface area contributed by atoms with Crippen molar-refractivity contribution in [3.8, 4) is 11.5 Å². The monoisotopic (exact) mass is 555 g/mol. The molecule has 2 N–H and O–H groups in total. The smallest absolute Gasteiger partial charge is 0.338 e. The van der Waals surface area contributed by atoms with E-state index in [0.29, 0.717) is 11.1 Å². The van der Waals surface area contributed by atoms with Crippen LogP contribution >= 0.6 is 0 Å². The number of hydrogen-bond acceptors (Lipinski definition) is 9. The largest absolute Gasteiger partial charge is 0.468 e. The molecule has 2 aromatic rings. The summed E-state index contributed by atoms with van der Waals surface area (Å²) in [5.74, 6) is -1.72. The van der Waals surface area contributed by atoms with Crippen molar-refractivity contribution < 1.29 is 38.1 Å². The summed E-state index contributed by atoms with van der Waals surface area (Å²) in [5.41, 5.74) is 5.85. The van der Waals surface area contributed by atoms with Gasteiger partial charge in [-0.3, -0.25) is 14.4 Å². The molecule has 2 aromatic carbocycles. The molecule has 0 bridgehead atoms. The Morgan fingerprint density at radius 3 is 1.98 bits per heavy atom. The van der Waals surface area contributed by atoms with E-state index >= 15 is 0 Å². The highest BCUT2D eigenvalue weighted by molar-refractivity contribution is 5.89. The summed E-state index contributed by atoms with van der Waals surface area (Å²) in [4.78, 5) is 50.1. The Morgan fingerprint density at radius 1 is 0.850 bits per heavy atom. The van der Waals surface area contributed by atoms with Gasteiger partial charge in [-0.15, -0.1) is 0 Å². The van der Waals surface area contributed by atoms with Gasteiger partial charge in [0.25, 0.3) is 0 Å². The lowest BCUT2D eigenvalue weighted by molar-refractivity contribution is -0.147. The summed E-state index contributed by atoms with van der Waals surface area (Å²) in [6.45, 7) is 7.72. The quantitative estimate of drug-likeness (QED) is 0.237. The van der Waals surface area contributed by atoms with Crippen LogP contribution in [0.5, 0.6) is 11.5 Å². The minimum absolute atomic E-state index is 0.0143. The van der Waals surface area contributed by atoms with E-state index in [0.717, 1.165) is 12.8 Å². The standard InChI is InChI=1S/C31H41NO8/c1-6-21(3)17-27(33)39-25-14-13-23(19-26(25)40-28(34)18-22(4)7-2)20-31(32,30(36)37-5)15-16-38-29(35)24-11-9-8-10-12-24/h8-14,19,21-22H,6-7,15-18,20,32H2,1-5H3/t21?,22?,31-/m1/s1. The number of benzene rings is 2. The Balaban J connectivity index is 2.25. The summed E-state index contributed by atoms with van der Waals surface area (Å²) in [6.07, 6.45) is 1.99. The molecule has 0 saturated heterocycles. The number of carbonyl (C=O) groups is 4. The first-order chi connectivity index (χ1) is 19.0. The highest BCUT2D eigenvalue weighted by Crippen LogP contribution is 2.32. The molecule has 9 nitrogen and oxygen atoms in total. The molecule has 218 valence electrons. The van der Waals surface area contributed by atoms with Crippen molar-refractivity contribution in [3.63, 3.8) is 0 Å². The van der Waals surface area contributed by atoms with E-state index in [2.05, 4.69) is 0 Å². The zero-order valence-corrected chi connectivity index (χ0v) is 24.1. The lowest BCUT2D eigenvalue weighted by Crippen LogP contribution is -2.51. The van der Waals surface area contributed by atoms with Crippen molar-refractivity contribution in [1.29, 1.82) is 0 Å². The van der Waals surface area contributed by atoms with E-state index in [1.165, 1.54) is 19.2 Å². The Labute approximate surface area is 236 Å². The van der Waals surface area contributed by atoms with Gasteiger partial charge < -0.3 is 24.7 Å². The van der Waals surface area contributed by atoms with Crippen molar-refractivity contribution >= 4 is 23.9 Å². The molecule has 9 heteroatoms. The molecule has 2 unspecified atom stereocenters. The summed E-state index contributed by atoms with van der Waals surface area (Å²) in [6, 6.07) is 13.2. The second-order valence-corrected chi connectivity index (χ2v) is 10.2. The zero-order valence-electron chi connectivity index (χ0n) is 24.1. The maximum Gasteiger partial charge on any atom is 0.338 e. The third-order valence-corrected chi connectivity index (χ3v) is 6.78. The van der Waals surface area contributed by atoms with Crippen molar-refractivity contribution in [1.82, 2.24) is 0 Å². The van der Waals surface area contributed by atoms with Crippen LogP contribution in [0.1, 0.15) is 75.7 Å². The number of esters is 4. The maximum atomic E-state index is 12.7. The van der Waals surface area contributed by atoms with E-state index in [1.54, 1.807) is 36.4 Å². The number of rotatable bonds is 15. The van der Waals surface area contributed by atoms with Crippen LogP contribution in [-0.2, 0) is 30.3 Å². The molecule has 0 aromatic heterocycles. The van der Waals surface area contributed by atoms with Gasteiger partial charge >= 0.3 is 23.9 Å². The predicted molar refractivity (Wildman–Crippen MR) is 150 cm³/mol. The van der Waals surface area contributed by atoms with E-state index < -0.39 is 29.4 Å². The Hall–Kier alpha value is -3.72. The summed E-state index contributed by atoms with van der Waals surface area (Å²) in [5, 5.41) is 0. The molecule has 40 heavy (non-hydrogen) atoms. The Kier molecular flexibility index (Phi) is 12.8. The van der Waals surface area contributed by atoms with E-state index in [9.17, 15) is 19.2 Å². The zero-order chi connectivity index (χ0) is 29.7. The number of methoxy groups -OCH3 is 1. The molecule has 0 aliphatic heterocycles. The maximum absolute atomic E-state index is 12.7. The van der Waals surface area contributed by atoms with Crippen LogP contribution in [0.3, 0.4) is 0 Å². The second kappa shape index (κ2) is 15.8. The average molecular weight is 556 g/mol. The molecule has 3 atom stereocenters. The van der Waals surface area contributed by atoms with Crippen molar-refractivity contribution in [3.05, 3.63) is 59.7 Å². The Bertz CT molecular complexity index is 1150. The summed E-state index contributed by atoms with van der Waals surface area (Å²) in [7, 11) is 1.22. The molecule has 0 aliphatic carbocycles. The van der Waals surface area contributed by atoms with Gasteiger partial charge in [0.1, 0.15) is 5.54 Å². The van der Waals surface area contributed by atoms with Crippen LogP contribution in [0.15, 0.2) is 48.5 Å². The number of ether oxygens (including phenoxy) is 4. The molecule has 0 heterocycles. The third kappa shape index (κ3) is 10.1. The van der Waals surface area contributed by atoms with Gasteiger partial charge in [0, 0.05) is 25.7 Å². The molecular formula is C31H41NO8. The fourth-order valence-corrected chi connectivity index (χ4v) is 3.83. The minimum atomic E-state index is -1.54. The van der Waals surface area contributed by atoms with Crippen LogP contribution in [0.4, 0.5) is 0 Å². The van der Waals surface area contributed by atoms with Gasteiger partial charge in [-0.1, -0.05) is 64.8 Å². The first kappa shape index (κ1) is 32.5. The lowest BCUT2D eigenvalue weighted by Gasteiger charge is -2.27. The molecule has 0 radical (unpaired) electrons. The molecule has 2 rings (SSSR count). The Morgan fingerprint density at radius 2 is 1.43 bits per heavy atom. The molecular weight excluding hydrogens is 514 g/mol. The lowest BCUT2D eigenvalue weighted by atomic mass is 9.88. The highest BCUT2D eigenvalue weighted by Gasteiger charge is 2.36. The van der Waals surface area contributed by atoms with Crippen LogP contribution in [0, 0.1) is 11.8 Å².